The number of aryl methyl sites for hydroxylation is 1. The number of amides is 1. The van der Waals surface area contributed by atoms with E-state index in [1.165, 1.54) is 24.5 Å². The maximum absolute atomic E-state index is 13.0. The quantitative estimate of drug-likeness (QED) is 0.872. The van der Waals surface area contributed by atoms with Crippen molar-refractivity contribution in [1.82, 2.24) is 4.98 Å². The summed E-state index contributed by atoms with van der Waals surface area (Å²) in [6.07, 6.45) is -4.50. The van der Waals surface area contributed by atoms with Gasteiger partial charge in [-0.2, -0.15) is 30.7 Å². The highest BCUT2D eigenvalue weighted by Gasteiger charge is 2.76. The van der Waals surface area contributed by atoms with Gasteiger partial charge in [0.05, 0.1) is 11.9 Å². The first-order chi connectivity index (χ1) is 8.91. The molecule has 0 aliphatic carbocycles. The molecule has 112 valence electrons. The molecule has 0 spiro atoms. The van der Waals surface area contributed by atoms with Crippen LogP contribution in [0.25, 0.3) is 0 Å². The Morgan fingerprint density at radius 1 is 1.15 bits per heavy atom. The average molecular weight is 304 g/mol. The molecule has 0 fully saturated rings. The van der Waals surface area contributed by atoms with Gasteiger partial charge in [-0.05, 0) is 18.6 Å². The Labute approximate surface area is 107 Å². The first-order valence-electron chi connectivity index (χ1n) is 4.95. The first kappa shape index (κ1) is 16.2. The van der Waals surface area contributed by atoms with Crippen molar-refractivity contribution in [2.24, 2.45) is 0 Å². The molecule has 1 aromatic rings. The summed E-state index contributed by atoms with van der Waals surface area (Å²) in [7, 11) is 0. The van der Waals surface area contributed by atoms with Crippen LogP contribution in [0.4, 0.5) is 36.4 Å². The number of alkyl halides is 7. The van der Waals surface area contributed by atoms with Crippen LogP contribution in [0.15, 0.2) is 18.5 Å². The standard InChI is InChI=1S/C10H7F7N2O/c1-5-2-3-18-4-6(5)19-7(20)8(11,12)9(13,14)10(15,16)17/h2-4H,1H3,(H,19,20). The normalized spacial score (nSPS) is 13.2. The zero-order valence-corrected chi connectivity index (χ0v) is 9.73. The molecule has 1 N–H and O–H groups in total. The molecule has 1 amide bonds. The molecule has 0 atom stereocenters. The van der Waals surface area contributed by atoms with Crippen LogP contribution >= 0.6 is 0 Å². The van der Waals surface area contributed by atoms with Crippen LogP contribution in [0.5, 0.6) is 0 Å². The molecule has 20 heavy (non-hydrogen) atoms. The lowest BCUT2D eigenvalue weighted by molar-refractivity contribution is -0.343. The summed E-state index contributed by atoms with van der Waals surface area (Å²) in [4.78, 5) is 14.4. The van der Waals surface area contributed by atoms with Crippen LogP contribution in [-0.2, 0) is 4.79 Å². The van der Waals surface area contributed by atoms with E-state index in [0.29, 0.717) is 0 Å². The number of halogens is 7. The summed E-state index contributed by atoms with van der Waals surface area (Å²) < 4.78 is 86.9. The number of pyridine rings is 1. The molecule has 1 heterocycles. The molecule has 1 aromatic heterocycles. The number of nitrogens with one attached hydrogen (secondary N) is 1. The van der Waals surface area contributed by atoms with Gasteiger partial charge in [0.25, 0.3) is 0 Å². The number of carbonyl (C=O) groups excluding carboxylic acids is 1. The van der Waals surface area contributed by atoms with Gasteiger partial charge in [-0.25, -0.2) is 0 Å². The SMILES string of the molecule is Cc1ccncc1NC(=O)C(F)(F)C(F)(F)C(F)(F)F. The van der Waals surface area contributed by atoms with E-state index < -0.39 is 29.6 Å². The van der Waals surface area contributed by atoms with E-state index in [1.807, 2.05) is 0 Å². The minimum Gasteiger partial charge on any atom is -0.319 e. The Kier molecular flexibility index (Phi) is 3.97. The summed E-state index contributed by atoms with van der Waals surface area (Å²) in [5, 5.41) is 1.30. The summed E-state index contributed by atoms with van der Waals surface area (Å²) in [6, 6.07) is 1.25. The molecule has 0 saturated heterocycles. The van der Waals surface area contributed by atoms with Crippen molar-refractivity contribution in [2.75, 3.05) is 5.32 Å². The molecule has 0 aliphatic heterocycles. The molecule has 10 heteroatoms. The van der Waals surface area contributed by atoms with Gasteiger partial charge >= 0.3 is 23.9 Å². The Balaban J connectivity index is 3.05. The predicted octanol–water partition coefficient (Wildman–Crippen LogP) is 3.16. The fraction of sp³-hybridized carbons (Fsp3) is 0.400. The van der Waals surface area contributed by atoms with Crippen molar-refractivity contribution in [1.29, 1.82) is 0 Å². The second-order valence-electron chi connectivity index (χ2n) is 3.79. The number of aromatic nitrogens is 1. The Morgan fingerprint density at radius 2 is 1.70 bits per heavy atom. The molecule has 0 aliphatic rings. The molecule has 0 unspecified atom stereocenters. The molecule has 0 saturated carbocycles. The lowest BCUT2D eigenvalue weighted by Crippen LogP contribution is -2.57. The minimum absolute atomic E-state index is 0.166. The number of hydrogen-bond donors (Lipinski definition) is 1. The number of carbonyl (C=O) groups is 1. The minimum atomic E-state index is -6.56. The van der Waals surface area contributed by atoms with Crippen molar-refractivity contribution in [3.8, 4) is 0 Å². The third kappa shape index (κ3) is 2.68. The predicted molar refractivity (Wildman–Crippen MR) is 53.6 cm³/mol. The van der Waals surface area contributed by atoms with Gasteiger partial charge < -0.3 is 5.32 Å². The van der Waals surface area contributed by atoms with Gasteiger partial charge in [-0.3, -0.25) is 9.78 Å². The van der Waals surface area contributed by atoms with Gasteiger partial charge in [0.2, 0.25) is 0 Å². The topological polar surface area (TPSA) is 42.0 Å². The van der Waals surface area contributed by atoms with Crippen LogP contribution in [-0.4, -0.2) is 28.9 Å². The van der Waals surface area contributed by atoms with Crippen molar-refractivity contribution < 1.29 is 35.5 Å². The highest BCUT2D eigenvalue weighted by atomic mass is 19.4. The second-order valence-corrected chi connectivity index (χ2v) is 3.79. The lowest BCUT2D eigenvalue weighted by atomic mass is 10.1. The third-order valence-electron chi connectivity index (χ3n) is 2.32. The monoisotopic (exact) mass is 304 g/mol. The number of hydrogen-bond acceptors (Lipinski definition) is 2. The van der Waals surface area contributed by atoms with Gasteiger partial charge in [0, 0.05) is 6.20 Å². The van der Waals surface area contributed by atoms with E-state index >= 15 is 0 Å². The largest absolute Gasteiger partial charge is 0.460 e. The zero-order valence-electron chi connectivity index (χ0n) is 9.73. The average Bonchev–Trinajstić information content (AvgIpc) is 2.30. The van der Waals surface area contributed by atoms with E-state index in [9.17, 15) is 35.5 Å². The lowest BCUT2D eigenvalue weighted by Gasteiger charge is -2.27. The number of anilines is 1. The number of rotatable bonds is 3. The summed E-state index contributed by atoms with van der Waals surface area (Å²) >= 11 is 0. The highest BCUT2D eigenvalue weighted by molar-refractivity contribution is 5.97. The van der Waals surface area contributed by atoms with Crippen molar-refractivity contribution in [3.05, 3.63) is 24.0 Å². The molecule has 3 nitrogen and oxygen atoms in total. The van der Waals surface area contributed by atoms with E-state index in [1.54, 1.807) is 0 Å². The number of nitrogens with zero attached hydrogens (tertiary/aromatic N) is 1. The van der Waals surface area contributed by atoms with E-state index in [4.69, 9.17) is 0 Å². The molecule has 0 aromatic carbocycles. The van der Waals surface area contributed by atoms with Crippen LogP contribution < -0.4 is 5.32 Å². The highest BCUT2D eigenvalue weighted by Crippen LogP contribution is 2.46. The van der Waals surface area contributed by atoms with Crippen molar-refractivity contribution >= 4 is 11.6 Å². The molecule has 0 bridgehead atoms. The smallest absolute Gasteiger partial charge is 0.319 e. The maximum atomic E-state index is 13.0. The van der Waals surface area contributed by atoms with Crippen LogP contribution in [0.3, 0.4) is 0 Å². The van der Waals surface area contributed by atoms with E-state index in [-0.39, 0.29) is 5.56 Å². The van der Waals surface area contributed by atoms with Gasteiger partial charge in [-0.15, -0.1) is 0 Å². The molecule has 0 radical (unpaired) electrons. The van der Waals surface area contributed by atoms with Gasteiger partial charge in [0.1, 0.15) is 0 Å². The first-order valence-corrected chi connectivity index (χ1v) is 4.95. The molecular formula is C10H7F7N2O. The van der Waals surface area contributed by atoms with E-state index in [0.717, 1.165) is 6.20 Å². The fourth-order valence-electron chi connectivity index (χ4n) is 1.12. The molecule has 1 rings (SSSR count). The second kappa shape index (κ2) is 4.91. The van der Waals surface area contributed by atoms with Gasteiger partial charge in [-0.1, -0.05) is 0 Å². The zero-order chi connectivity index (χ0) is 15.8. The Hall–Kier alpha value is -1.87. The van der Waals surface area contributed by atoms with Crippen LogP contribution in [0.2, 0.25) is 0 Å². The summed E-state index contributed by atoms with van der Waals surface area (Å²) in [5.41, 5.74) is -0.227. The van der Waals surface area contributed by atoms with Crippen molar-refractivity contribution in [3.63, 3.8) is 0 Å². The maximum Gasteiger partial charge on any atom is 0.460 e. The van der Waals surface area contributed by atoms with E-state index in [2.05, 4.69) is 4.98 Å². The summed E-state index contributed by atoms with van der Waals surface area (Å²) in [6.45, 7) is 1.32. The van der Waals surface area contributed by atoms with Crippen molar-refractivity contribution in [2.45, 2.75) is 24.9 Å². The summed E-state index contributed by atoms with van der Waals surface area (Å²) in [5.74, 6) is -15.2. The van der Waals surface area contributed by atoms with Gasteiger partial charge in [0.15, 0.2) is 0 Å². The fourth-order valence-corrected chi connectivity index (χ4v) is 1.12. The van der Waals surface area contributed by atoms with Crippen LogP contribution in [0, 0.1) is 6.92 Å². The van der Waals surface area contributed by atoms with Crippen LogP contribution in [0.1, 0.15) is 5.56 Å². The Bertz CT molecular complexity index is 513. The third-order valence-corrected chi connectivity index (χ3v) is 2.32. The molecular weight excluding hydrogens is 297 g/mol. The Morgan fingerprint density at radius 3 is 2.15 bits per heavy atom.